The molecule has 10 aliphatic rings. The summed E-state index contributed by atoms with van der Waals surface area (Å²) < 4.78 is 16.0. The molecule has 0 bridgehead atoms. The zero-order valence-corrected chi connectivity index (χ0v) is 81.8. The largest absolute Gasteiger partial charge is 0.495 e. The fourth-order valence-electron chi connectivity index (χ4n) is 20.0. The van der Waals surface area contributed by atoms with E-state index in [-0.39, 0.29) is 101 Å². The molecular weight excluding hydrogens is 1810 g/mol. The number of allylic oxidation sites excluding steroid dienone is 4. The Morgan fingerprint density at radius 3 is 1.10 bits per heavy atom. The van der Waals surface area contributed by atoms with Crippen LogP contribution in [0.1, 0.15) is 228 Å². The lowest BCUT2D eigenvalue weighted by atomic mass is 10.0. The van der Waals surface area contributed by atoms with E-state index in [1.54, 1.807) is 63.1 Å². The number of amides is 9. The number of nitrogens with one attached hydrogen (secondary N) is 5. The summed E-state index contributed by atoms with van der Waals surface area (Å²) in [6.07, 6.45) is 11.8. The van der Waals surface area contributed by atoms with E-state index in [0.29, 0.717) is 160 Å². The third kappa shape index (κ3) is 26.4. The Labute approximate surface area is 829 Å². The van der Waals surface area contributed by atoms with Gasteiger partial charge in [0.25, 0.3) is 23.6 Å². The predicted octanol–water partition coefficient (Wildman–Crippen LogP) is 16.3. The number of hydrogen-bond acceptors (Lipinski definition) is 17. The number of ketones is 4. The second kappa shape index (κ2) is 47.4. The van der Waals surface area contributed by atoms with Crippen LogP contribution in [0.25, 0.3) is 0 Å². The number of halogens is 2. The lowest BCUT2D eigenvalue weighted by molar-refractivity contribution is -0.123. The van der Waals surface area contributed by atoms with Crippen LogP contribution in [0.5, 0.6) is 5.75 Å². The number of anilines is 1. The number of Topliss-reactive ketones (excluding diaryl/α,β-unsaturated/α-hetero) is 4. The summed E-state index contributed by atoms with van der Waals surface area (Å²) in [6.45, 7) is 31.6. The molecule has 4 aliphatic carbocycles. The molecule has 8 aromatic rings. The fourth-order valence-corrected chi connectivity index (χ4v) is 20.5. The molecule has 8 aromatic carbocycles. The summed E-state index contributed by atoms with van der Waals surface area (Å²) in [5.74, 6) is 0.351. The molecule has 4 unspecified atom stereocenters. The number of urea groups is 1. The first-order valence-electron chi connectivity index (χ1n) is 48.7. The van der Waals surface area contributed by atoms with Gasteiger partial charge in [0.2, 0.25) is 17.7 Å². The van der Waals surface area contributed by atoms with E-state index in [4.69, 9.17) is 37.4 Å². The minimum atomic E-state index is -0.386. The van der Waals surface area contributed by atoms with E-state index in [1.807, 2.05) is 97.9 Å². The van der Waals surface area contributed by atoms with Crippen LogP contribution in [-0.2, 0) is 128 Å². The van der Waals surface area contributed by atoms with Crippen molar-refractivity contribution in [2.75, 3.05) is 65.0 Å². The van der Waals surface area contributed by atoms with Crippen LogP contribution < -0.4 is 31.3 Å². The molecule has 0 aromatic heterocycles. The molecule has 2 saturated heterocycles. The summed E-state index contributed by atoms with van der Waals surface area (Å²) in [5.41, 5.74) is 21.7. The lowest BCUT2D eigenvalue weighted by Crippen LogP contribution is -2.40. The molecule has 18 rings (SSSR count). The summed E-state index contributed by atoms with van der Waals surface area (Å²) in [7, 11) is 1.54. The molecule has 26 nitrogen and oxygen atoms in total. The zero-order valence-electron chi connectivity index (χ0n) is 80.3. The van der Waals surface area contributed by atoms with Crippen molar-refractivity contribution < 1.29 is 71.7 Å². The van der Waals surface area contributed by atoms with Crippen LogP contribution >= 0.6 is 23.2 Å². The van der Waals surface area contributed by atoms with Crippen molar-refractivity contribution in [2.24, 2.45) is 0 Å². The van der Waals surface area contributed by atoms with Gasteiger partial charge in [0.05, 0.1) is 82.0 Å². The first kappa shape index (κ1) is 102. The Morgan fingerprint density at radius 2 is 0.721 bits per heavy atom. The number of methoxy groups -OCH3 is 1. The number of fused-ring (bicyclic) bond motifs is 4. The molecule has 0 spiro atoms. The first-order valence-corrected chi connectivity index (χ1v) is 49.4. The van der Waals surface area contributed by atoms with Gasteiger partial charge in [-0.05, 0) is 223 Å². The molecule has 5 N–H and O–H groups in total. The van der Waals surface area contributed by atoms with Crippen molar-refractivity contribution in [2.45, 2.75) is 225 Å². The highest BCUT2D eigenvalue weighted by atomic mass is 35.5. The molecule has 6 aliphatic heterocycles. The minimum Gasteiger partial charge on any atom is -0.495 e. The van der Waals surface area contributed by atoms with Crippen molar-refractivity contribution in [3.05, 3.63) is 316 Å². The average molecular weight is 1940 g/mol. The van der Waals surface area contributed by atoms with Crippen molar-refractivity contribution in [1.29, 1.82) is 0 Å². The smallest absolute Gasteiger partial charge is 0.319 e. The van der Waals surface area contributed by atoms with Crippen molar-refractivity contribution in [3.63, 3.8) is 0 Å². The number of morpholine rings is 2. The third-order valence-electron chi connectivity index (χ3n) is 27.8. The first-order chi connectivity index (χ1) is 67.5. The van der Waals surface area contributed by atoms with Gasteiger partial charge in [-0.2, -0.15) is 0 Å². The highest BCUT2D eigenvalue weighted by Gasteiger charge is 2.42. The van der Waals surface area contributed by atoms with Gasteiger partial charge in [-0.15, -0.1) is 0 Å². The molecule has 28 heteroatoms. The highest BCUT2D eigenvalue weighted by Crippen LogP contribution is 2.38. The molecule has 0 radical (unpaired) electrons. The SMILES string of the molecule is C=C1CCCC(N2Cc3cc(CNC(=O)Cc4ccc(C)c(CN5CCOCC5)c4)ccc3C2=O)C(=O)C1.C=C1CCCC(N2Cc3cc(CNC(=O)Cc4ccc(OC)c(Cl)c4)ccc3C2=O)C(=O)C1.C=C1CCCC(N2Cc3cc(CNC(=O)Cc4cccc(CN5CCOCC5)c4)ccc3C2=O)C(=O)C1.C=C1CCCC(N2Cc3cc(CNC(=O)Nc4ccc(C)c(Cl)c4)ccc3C2=O)C(=O)C1. The van der Waals surface area contributed by atoms with Crippen LogP contribution in [0.4, 0.5) is 10.5 Å². The van der Waals surface area contributed by atoms with Gasteiger partial charge < -0.3 is 60.4 Å². The summed E-state index contributed by atoms with van der Waals surface area (Å²) in [4.78, 5) is 164. The number of nitrogens with zero attached hydrogens (tertiary/aromatic N) is 6. The molecule has 732 valence electrons. The second-order valence-corrected chi connectivity index (χ2v) is 39.2. The van der Waals surface area contributed by atoms with Crippen molar-refractivity contribution in [1.82, 2.24) is 50.7 Å². The molecule has 140 heavy (non-hydrogen) atoms. The van der Waals surface area contributed by atoms with E-state index >= 15 is 0 Å². The summed E-state index contributed by atoms with van der Waals surface area (Å²) in [5, 5.41) is 15.6. The number of carbonyl (C=O) groups excluding carboxylic acids is 12. The Balaban J connectivity index is 0.000000142. The Kier molecular flexibility index (Phi) is 34.4. The number of carbonyl (C=O) groups is 12. The van der Waals surface area contributed by atoms with Crippen molar-refractivity contribution >= 4 is 99.4 Å². The molecule has 9 amide bonds. The maximum absolute atomic E-state index is 13.1. The lowest BCUT2D eigenvalue weighted by Gasteiger charge is -2.27. The Bertz CT molecular complexity index is 6150. The van der Waals surface area contributed by atoms with Gasteiger partial charge in [0.15, 0.2) is 23.1 Å². The zero-order chi connectivity index (χ0) is 98.8. The van der Waals surface area contributed by atoms with Gasteiger partial charge in [-0.1, -0.05) is 175 Å². The van der Waals surface area contributed by atoms with Gasteiger partial charge in [0.1, 0.15) is 5.75 Å². The molecule has 6 fully saturated rings. The number of hydrogen-bond donors (Lipinski definition) is 5. The highest BCUT2D eigenvalue weighted by molar-refractivity contribution is 6.32. The monoisotopic (exact) mass is 1930 g/mol. The van der Waals surface area contributed by atoms with Crippen LogP contribution in [0.15, 0.2) is 200 Å². The third-order valence-corrected chi connectivity index (χ3v) is 28.5. The number of benzene rings is 8. The van der Waals surface area contributed by atoms with Gasteiger partial charge in [-0.3, -0.25) is 62.5 Å². The quantitative estimate of drug-likeness (QED) is 0.0277. The number of ether oxygens (including phenoxy) is 3. The Morgan fingerprint density at radius 1 is 0.379 bits per heavy atom. The van der Waals surface area contributed by atoms with Gasteiger partial charge in [-0.25, -0.2) is 4.79 Å². The average Bonchev–Trinajstić information content (AvgIpc) is 1.65. The van der Waals surface area contributed by atoms with E-state index in [9.17, 15) is 57.5 Å². The van der Waals surface area contributed by atoms with Crippen LogP contribution in [0.3, 0.4) is 0 Å². The van der Waals surface area contributed by atoms with E-state index in [2.05, 4.69) is 93.9 Å². The van der Waals surface area contributed by atoms with Crippen molar-refractivity contribution in [3.8, 4) is 5.75 Å². The number of rotatable bonds is 24. The maximum Gasteiger partial charge on any atom is 0.319 e. The number of aryl methyl sites for hydroxylation is 2. The van der Waals surface area contributed by atoms with E-state index < -0.39 is 0 Å². The summed E-state index contributed by atoms with van der Waals surface area (Å²) >= 11 is 12.2. The second-order valence-electron chi connectivity index (χ2n) is 38.4. The molecular formula is C112H125Cl2N11O15. The molecule has 6 heterocycles. The standard InChI is InChI=1S/C31H37N3O4.C30H35N3O4.C26H27ClN2O4.C25H26ClN3O3/c1-21-4-3-5-28(29(35)14-21)34-20-26-16-24(8-9-27(26)31(34)37)18-32-30(36)17-23-7-6-22(2)25(15-23)19-33-10-12-38-13-11-33;1-21-4-2-7-27(28(34)14-21)33-20-25-16-23(8-9-26(25)30(33)36)18-31-29(35)17-22-5-3-6-24(15-22)19-32-10-12-37-13-11-32;1-16-4-3-5-22(23(30)10-16)29-15-19-11-18(6-8-20(19)26(29)32)14-28-25(31)13-17-7-9-24(33-2)21(27)12-17;1-15-4-3-5-22(23(30)10-15)29-14-18-11-17(7-9-20(18)24(29)31)13-27-25(32)28-19-8-6-16(2)21(26)12-19/h6-9,15-16,28H,1,3-5,10-14,17-20H2,2H3,(H,32,36);3,5-6,8-9,15-16,27H,1-2,4,7,10-14,17-20H2,(H,31,35);6-9,11-12,22H,1,3-5,10,13-15H2,2H3,(H,28,31);6-9,11-12,22H,1,3-5,10,13-14H2,2H3,(H2,27,28,32). The van der Waals surface area contributed by atoms with Crippen LogP contribution in [0.2, 0.25) is 10.0 Å². The van der Waals surface area contributed by atoms with Gasteiger partial charge >= 0.3 is 6.03 Å². The van der Waals surface area contributed by atoms with Crippen LogP contribution in [-0.4, -0.2) is 184 Å². The van der Waals surface area contributed by atoms with Crippen LogP contribution in [0, 0.1) is 13.8 Å². The fraction of sp³-hybridized carbons (Fsp3) is 0.393. The normalized spacial score (nSPS) is 19.5. The van der Waals surface area contributed by atoms with E-state index in [1.165, 1.54) is 16.7 Å². The van der Waals surface area contributed by atoms with E-state index in [0.717, 1.165) is 206 Å². The molecule has 4 atom stereocenters. The topological polar surface area (TPSA) is 312 Å². The predicted molar refractivity (Wildman–Crippen MR) is 537 cm³/mol. The minimum absolute atomic E-state index is 0.0336. The Hall–Kier alpha value is -12.8. The van der Waals surface area contributed by atoms with Gasteiger partial charge in [0, 0.05) is 150 Å². The summed E-state index contributed by atoms with van der Waals surface area (Å²) in [6, 6.07) is 45.8. The maximum atomic E-state index is 13.1. The molecule has 4 saturated carbocycles.